The number of carbonyl (C=O) groups is 3. The molecule has 0 saturated carbocycles. The molecule has 7 heteroatoms. The molecule has 136 valence electrons. The van der Waals surface area contributed by atoms with Gasteiger partial charge in [-0.3, -0.25) is 9.59 Å². The van der Waals surface area contributed by atoms with E-state index in [1.807, 2.05) is 13.0 Å². The third-order valence-electron chi connectivity index (χ3n) is 3.54. The van der Waals surface area contributed by atoms with Gasteiger partial charge in [-0.2, -0.15) is 0 Å². The van der Waals surface area contributed by atoms with Crippen molar-refractivity contribution in [1.29, 1.82) is 0 Å². The molecule has 0 radical (unpaired) electrons. The van der Waals surface area contributed by atoms with Gasteiger partial charge in [0.05, 0.1) is 25.5 Å². The lowest BCUT2D eigenvalue weighted by Gasteiger charge is -2.11. The Morgan fingerprint density at radius 1 is 0.923 bits per heavy atom. The summed E-state index contributed by atoms with van der Waals surface area (Å²) in [7, 11) is 2.80. The first kappa shape index (κ1) is 19.0. The number of anilines is 2. The minimum Gasteiger partial charge on any atom is -0.495 e. The van der Waals surface area contributed by atoms with E-state index in [-0.39, 0.29) is 6.42 Å². The lowest BCUT2D eigenvalue weighted by Crippen LogP contribution is -2.21. The van der Waals surface area contributed by atoms with Crippen molar-refractivity contribution in [2.24, 2.45) is 0 Å². The summed E-state index contributed by atoms with van der Waals surface area (Å²) in [6.07, 6.45) is -0.351. The van der Waals surface area contributed by atoms with Crippen LogP contribution >= 0.6 is 0 Å². The summed E-state index contributed by atoms with van der Waals surface area (Å²) in [5.41, 5.74) is 2.31. The number of aryl methyl sites for hydroxylation is 1. The fourth-order valence-corrected chi connectivity index (χ4v) is 2.27. The van der Waals surface area contributed by atoms with Crippen molar-refractivity contribution in [2.75, 3.05) is 24.9 Å². The second kappa shape index (κ2) is 8.66. The number of methoxy groups -OCH3 is 2. The molecule has 2 aromatic carbocycles. The Labute approximate surface area is 151 Å². The number of carbonyl (C=O) groups excluding carboxylic acids is 3. The van der Waals surface area contributed by atoms with Gasteiger partial charge in [0.2, 0.25) is 11.8 Å². The summed E-state index contributed by atoms with van der Waals surface area (Å²) in [4.78, 5) is 35.5. The summed E-state index contributed by atoms with van der Waals surface area (Å²) in [5.74, 6) is -0.880. The van der Waals surface area contributed by atoms with Crippen molar-refractivity contribution >= 4 is 29.2 Å². The van der Waals surface area contributed by atoms with Crippen LogP contribution in [0, 0.1) is 6.92 Å². The van der Waals surface area contributed by atoms with Gasteiger partial charge in [0.25, 0.3) is 0 Å². The lowest BCUT2D eigenvalue weighted by atomic mass is 10.2. The molecule has 0 aliphatic rings. The zero-order chi connectivity index (χ0) is 19.1. The summed E-state index contributed by atoms with van der Waals surface area (Å²) >= 11 is 0. The van der Waals surface area contributed by atoms with E-state index >= 15 is 0 Å². The van der Waals surface area contributed by atoms with E-state index in [1.54, 1.807) is 24.3 Å². The second-order valence-corrected chi connectivity index (χ2v) is 5.55. The third-order valence-corrected chi connectivity index (χ3v) is 3.54. The van der Waals surface area contributed by atoms with Crippen molar-refractivity contribution < 1.29 is 23.9 Å². The predicted molar refractivity (Wildman–Crippen MR) is 97.4 cm³/mol. The third kappa shape index (κ3) is 5.07. The number of benzene rings is 2. The lowest BCUT2D eigenvalue weighted by molar-refractivity contribution is -0.123. The highest BCUT2D eigenvalue weighted by atomic mass is 16.5. The number of hydrogen-bond acceptors (Lipinski definition) is 5. The van der Waals surface area contributed by atoms with Gasteiger partial charge < -0.3 is 20.1 Å². The minimum atomic E-state index is -0.472. The highest BCUT2D eigenvalue weighted by Gasteiger charge is 2.13. The van der Waals surface area contributed by atoms with Crippen LogP contribution in [0.2, 0.25) is 0 Å². The summed E-state index contributed by atoms with van der Waals surface area (Å²) in [5, 5.41) is 5.26. The number of ether oxygens (including phenoxy) is 2. The molecule has 2 N–H and O–H groups in total. The Morgan fingerprint density at radius 3 is 2.19 bits per heavy atom. The standard InChI is InChI=1S/C19H20N2O5/c1-12-4-9-16(25-2)15(10-12)21-18(23)11-17(22)20-14-7-5-13(6-8-14)19(24)26-3/h4-10H,11H2,1-3H3,(H,20,22)(H,21,23). The summed E-state index contributed by atoms with van der Waals surface area (Å²) in [6.45, 7) is 1.89. The van der Waals surface area contributed by atoms with E-state index in [0.717, 1.165) is 5.56 Å². The Morgan fingerprint density at radius 2 is 1.58 bits per heavy atom. The Bertz CT molecular complexity index is 815. The molecule has 26 heavy (non-hydrogen) atoms. The van der Waals surface area contributed by atoms with Gasteiger partial charge in [0, 0.05) is 5.69 Å². The number of rotatable bonds is 6. The number of nitrogens with one attached hydrogen (secondary N) is 2. The highest BCUT2D eigenvalue weighted by molar-refractivity contribution is 6.08. The van der Waals surface area contributed by atoms with E-state index in [4.69, 9.17) is 4.74 Å². The van der Waals surface area contributed by atoms with Gasteiger partial charge in [-0.1, -0.05) is 6.07 Å². The van der Waals surface area contributed by atoms with Crippen molar-refractivity contribution in [2.45, 2.75) is 13.3 Å². The van der Waals surface area contributed by atoms with Gasteiger partial charge >= 0.3 is 5.97 Å². The molecule has 2 aromatic rings. The van der Waals surface area contributed by atoms with Gasteiger partial charge in [-0.25, -0.2) is 4.79 Å². The summed E-state index contributed by atoms with van der Waals surface area (Å²) in [6, 6.07) is 11.5. The van der Waals surface area contributed by atoms with E-state index < -0.39 is 17.8 Å². The molecule has 0 saturated heterocycles. The SMILES string of the molecule is COC(=O)c1ccc(NC(=O)CC(=O)Nc2cc(C)ccc2OC)cc1. The minimum absolute atomic E-state index is 0.351. The number of esters is 1. The van der Waals surface area contributed by atoms with Crippen LogP contribution in [0.3, 0.4) is 0 Å². The van der Waals surface area contributed by atoms with Gasteiger partial charge in [-0.05, 0) is 48.9 Å². The van der Waals surface area contributed by atoms with Crippen molar-refractivity contribution in [3.63, 3.8) is 0 Å². The first-order valence-corrected chi connectivity index (χ1v) is 7.85. The van der Waals surface area contributed by atoms with Crippen LogP contribution in [-0.4, -0.2) is 32.0 Å². The normalized spacial score (nSPS) is 9.96. The Kier molecular flexibility index (Phi) is 6.32. The van der Waals surface area contributed by atoms with E-state index in [0.29, 0.717) is 22.7 Å². The maximum absolute atomic E-state index is 12.1. The molecule has 0 atom stereocenters. The maximum Gasteiger partial charge on any atom is 0.337 e. The quantitative estimate of drug-likeness (QED) is 0.613. The second-order valence-electron chi connectivity index (χ2n) is 5.55. The van der Waals surface area contributed by atoms with E-state index in [2.05, 4.69) is 15.4 Å². The molecule has 7 nitrogen and oxygen atoms in total. The molecule has 0 bridgehead atoms. The molecule has 2 amide bonds. The van der Waals surface area contributed by atoms with E-state index in [9.17, 15) is 14.4 Å². The topological polar surface area (TPSA) is 93.7 Å². The van der Waals surface area contributed by atoms with Crippen molar-refractivity contribution in [3.8, 4) is 5.75 Å². The molecule has 0 spiro atoms. The average molecular weight is 356 g/mol. The van der Waals surface area contributed by atoms with Crippen LogP contribution in [0.25, 0.3) is 0 Å². The fourth-order valence-electron chi connectivity index (χ4n) is 2.27. The monoisotopic (exact) mass is 356 g/mol. The smallest absolute Gasteiger partial charge is 0.337 e. The molecular formula is C19H20N2O5. The molecule has 0 aliphatic carbocycles. The van der Waals surface area contributed by atoms with Crippen LogP contribution in [0.1, 0.15) is 22.3 Å². The molecule has 0 fully saturated rings. The first-order chi connectivity index (χ1) is 12.4. The number of hydrogen-bond donors (Lipinski definition) is 2. The largest absolute Gasteiger partial charge is 0.495 e. The van der Waals surface area contributed by atoms with Crippen LogP contribution < -0.4 is 15.4 Å². The van der Waals surface area contributed by atoms with Crippen LogP contribution in [0.15, 0.2) is 42.5 Å². The average Bonchev–Trinajstić information content (AvgIpc) is 2.61. The van der Waals surface area contributed by atoms with Crippen molar-refractivity contribution in [3.05, 3.63) is 53.6 Å². The van der Waals surface area contributed by atoms with Crippen LogP contribution in [-0.2, 0) is 14.3 Å². The maximum atomic E-state index is 12.1. The van der Waals surface area contributed by atoms with Crippen LogP contribution in [0.4, 0.5) is 11.4 Å². The zero-order valence-electron chi connectivity index (χ0n) is 14.8. The number of amides is 2. The summed E-state index contributed by atoms with van der Waals surface area (Å²) < 4.78 is 9.79. The first-order valence-electron chi connectivity index (χ1n) is 7.85. The molecule has 2 rings (SSSR count). The van der Waals surface area contributed by atoms with Crippen molar-refractivity contribution in [1.82, 2.24) is 0 Å². The van der Waals surface area contributed by atoms with E-state index in [1.165, 1.54) is 26.4 Å². The molecule has 0 heterocycles. The van der Waals surface area contributed by atoms with Gasteiger partial charge in [0.1, 0.15) is 12.2 Å². The fraction of sp³-hybridized carbons (Fsp3) is 0.211. The zero-order valence-corrected chi connectivity index (χ0v) is 14.8. The van der Waals surface area contributed by atoms with Gasteiger partial charge in [0.15, 0.2) is 0 Å². The molecule has 0 aliphatic heterocycles. The molecule has 0 aromatic heterocycles. The molecular weight excluding hydrogens is 336 g/mol. The highest BCUT2D eigenvalue weighted by Crippen LogP contribution is 2.25. The molecule has 0 unspecified atom stereocenters. The Hall–Kier alpha value is -3.35. The van der Waals surface area contributed by atoms with Crippen LogP contribution in [0.5, 0.6) is 5.75 Å². The predicted octanol–water partition coefficient (Wildman–Crippen LogP) is 2.76. The van der Waals surface area contributed by atoms with Gasteiger partial charge in [-0.15, -0.1) is 0 Å². The Balaban J connectivity index is 1.94.